The van der Waals surface area contributed by atoms with E-state index in [2.05, 4.69) is 37.3 Å². The second-order valence-electron chi connectivity index (χ2n) is 5.61. The first-order valence-electron chi connectivity index (χ1n) is 7.86. The van der Waals surface area contributed by atoms with Crippen molar-refractivity contribution in [2.45, 2.75) is 37.5 Å². The van der Waals surface area contributed by atoms with Gasteiger partial charge in [-0.1, -0.05) is 67.6 Å². The molecule has 0 radical (unpaired) electrons. The number of halogens is 1. The molecule has 0 fully saturated rings. The molecule has 22 heavy (non-hydrogen) atoms. The molecule has 0 saturated carbocycles. The quantitative estimate of drug-likeness (QED) is 0.605. The minimum atomic E-state index is -0.522. The zero-order valence-electron chi connectivity index (χ0n) is 13.0. The van der Waals surface area contributed by atoms with Crippen LogP contribution in [0.4, 0.5) is 0 Å². The molecule has 0 unspecified atom stereocenters. The highest BCUT2D eigenvalue weighted by Crippen LogP contribution is 2.44. The van der Waals surface area contributed by atoms with Crippen LogP contribution >= 0.6 is 11.6 Å². The fourth-order valence-electron chi connectivity index (χ4n) is 3.35. The van der Waals surface area contributed by atoms with Gasteiger partial charge in [0.15, 0.2) is 0 Å². The predicted molar refractivity (Wildman–Crippen MR) is 93.2 cm³/mol. The van der Waals surface area contributed by atoms with E-state index in [9.17, 15) is 5.26 Å². The smallest absolute Gasteiger partial charge is 0.0890 e. The maximum absolute atomic E-state index is 10.1. The van der Waals surface area contributed by atoms with Crippen molar-refractivity contribution in [3.05, 3.63) is 71.8 Å². The zero-order valence-corrected chi connectivity index (χ0v) is 13.8. The first-order chi connectivity index (χ1) is 10.8. The molecule has 2 aromatic rings. The van der Waals surface area contributed by atoms with Gasteiger partial charge in [-0.15, -0.1) is 11.6 Å². The van der Waals surface area contributed by atoms with Crippen LogP contribution in [-0.2, 0) is 5.41 Å². The van der Waals surface area contributed by atoms with Crippen molar-refractivity contribution in [3.8, 4) is 6.07 Å². The third kappa shape index (κ3) is 3.34. The van der Waals surface area contributed by atoms with E-state index < -0.39 is 5.41 Å². The van der Waals surface area contributed by atoms with Gasteiger partial charge in [-0.3, -0.25) is 0 Å². The van der Waals surface area contributed by atoms with Gasteiger partial charge in [0.25, 0.3) is 0 Å². The Morgan fingerprint density at radius 2 is 1.64 bits per heavy atom. The Labute approximate surface area is 138 Å². The maximum Gasteiger partial charge on any atom is 0.0890 e. The highest BCUT2D eigenvalue weighted by atomic mass is 35.5. The summed E-state index contributed by atoms with van der Waals surface area (Å²) in [5.74, 6) is 0.755. The van der Waals surface area contributed by atoms with Crippen molar-refractivity contribution in [3.63, 3.8) is 0 Å². The summed E-state index contributed by atoms with van der Waals surface area (Å²) in [5, 5.41) is 10.1. The van der Waals surface area contributed by atoms with Crippen LogP contribution in [0.2, 0.25) is 0 Å². The molecule has 0 saturated heterocycles. The van der Waals surface area contributed by atoms with Crippen molar-refractivity contribution in [2.75, 3.05) is 5.88 Å². The molecule has 114 valence electrons. The number of benzene rings is 2. The van der Waals surface area contributed by atoms with Crippen molar-refractivity contribution in [1.82, 2.24) is 0 Å². The van der Waals surface area contributed by atoms with Crippen LogP contribution in [0.5, 0.6) is 0 Å². The van der Waals surface area contributed by atoms with E-state index in [1.54, 1.807) is 0 Å². The fraction of sp³-hybridized carbons (Fsp3) is 0.350. The van der Waals surface area contributed by atoms with Gasteiger partial charge in [0.05, 0.1) is 11.5 Å². The molecule has 0 heterocycles. The molecular weight excluding hydrogens is 290 g/mol. The second kappa shape index (κ2) is 8.01. The fourth-order valence-corrected chi connectivity index (χ4v) is 3.49. The molecule has 0 bridgehead atoms. The van der Waals surface area contributed by atoms with E-state index in [0.29, 0.717) is 5.88 Å². The minimum Gasteiger partial charge on any atom is -0.197 e. The van der Waals surface area contributed by atoms with Gasteiger partial charge in [0.1, 0.15) is 0 Å². The topological polar surface area (TPSA) is 23.8 Å². The molecular formula is C20H22ClN. The van der Waals surface area contributed by atoms with E-state index in [-0.39, 0.29) is 5.92 Å². The van der Waals surface area contributed by atoms with E-state index in [1.807, 2.05) is 36.4 Å². The molecule has 2 aromatic carbocycles. The molecule has 0 amide bonds. The number of alkyl halides is 1. The number of hydrogen-bond acceptors (Lipinski definition) is 1. The average molecular weight is 312 g/mol. The first kappa shape index (κ1) is 16.6. The lowest BCUT2D eigenvalue weighted by Gasteiger charge is -2.35. The van der Waals surface area contributed by atoms with Gasteiger partial charge < -0.3 is 0 Å². The number of hydrogen-bond donors (Lipinski definition) is 0. The summed E-state index contributed by atoms with van der Waals surface area (Å²) in [6, 6.07) is 23.2. The van der Waals surface area contributed by atoms with E-state index in [1.165, 1.54) is 5.56 Å². The van der Waals surface area contributed by atoms with Gasteiger partial charge in [-0.25, -0.2) is 0 Å². The Kier molecular flexibility index (Phi) is 6.04. The van der Waals surface area contributed by atoms with Crippen LogP contribution in [-0.4, -0.2) is 5.88 Å². The molecule has 2 heteroatoms. The summed E-state index contributed by atoms with van der Waals surface area (Å²) in [6.45, 7) is 2.16. The van der Waals surface area contributed by atoms with Crippen LogP contribution < -0.4 is 0 Å². The normalized spacial score (nSPS) is 14.8. The summed E-state index contributed by atoms with van der Waals surface area (Å²) in [5.41, 5.74) is 1.80. The van der Waals surface area contributed by atoms with Gasteiger partial charge >= 0.3 is 0 Å². The first-order valence-corrected chi connectivity index (χ1v) is 8.39. The van der Waals surface area contributed by atoms with Crippen LogP contribution in [0.25, 0.3) is 0 Å². The summed E-state index contributed by atoms with van der Waals surface area (Å²) in [4.78, 5) is 0. The standard InChI is InChI=1S/C20H22ClN/c1-2-19(17-10-5-3-6-11-17)20(16-22,14-9-15-21)18-12-7-4-8-13-18/h3-8,10-13,19H,2,9,14-15H2,1H3/t19-,20-/m1/s1. The van der Waals surface area contributed by atoms with E-state index in [0.717, 1.165) is 24.8 Å². The Balaban J connectivity index is 2.53. The molecule has 0 aromatic heterocycles. The second-order valence-corrected chi connectivity index (χ2v) is 5.99. The summed E-state index contributed by atoms with van der Waals surface area (Å²) in [6.07, 6.45) is 2.55. The lowest BCUT2D eigenvalue weighted by atomic mass is 9.65. The van der Waals surface area contributed by atoms with Crippen LogP contribution in [0, 0.1) is 11.3 Å². The van der Waals surface area contributed by atoms with Crippen molar-refractivity contribution < 1.29 is 0 Å². The Bertz CT molecular complexity index is 603. The highest BCUT2D eigenvalue weighted by Gasteiger charge is 2.40. The Morgan fingerprint density at radius 1 is 1.05 bits per heavy atom. The number of rotatable bonds is 7. The summed E-state index contributed by atoms with van der Waals surface area (Å²) < 4.78 is 0. The summed E-state index contributed by atoms with van der Waals surface area (Å²) >= 11 is 5.94. The lowest BCUT2D eigenvalue weighted by Crippen LogP contribution is -2.32. The molecule has 0 spiro atoms. The largest absolute Gasteiger partial charge is 0.197 e. The minimum absolute atomic E-state index is 0.171. The van der Waals surface area contributed by atoms with Crippen molar-refractivity contribution in [1.29, 1.82) is 5.26 Å². The molecule has 0 aliphatic rings. The van der Waals surface area contributed by atoms with Gasteiger partial charge in [0, 0.05) is 11.8 Å². The lowest BCUT2D eigenvalue weighted by molar-refractivity contribution is 0.392. The predicted octanol–water partition coefficient (Wildman–Crippen LogP) is 5.66. The molecule has 2 atom stereocenters. The number of nitrogens with zero attached hydrogens (tertiary/aromatic N) is 1. The number of nitriles is 1. The maximum atomic E-state index is 10.1. The zero-order chi connectivity index (χ0) is 15.8. The van der Waals surface area contributed by atoms with Crippen molar-refractivity contribution in [2.24, 2.45) is 0 Å². The highest BCUT2D eigenvalue weighted by molar-refractivity contribution is 6.17. The van der Waals surface area contributed by atoms with Gasteiger partial charge in [-0.2, -0.15) is 5.26 Å². The van der Waals surface area contributed by atoms with E-state index in [4.69, 9.17) is 11.6 Å². The van der Waals surface area contributed by atoms with Crippen LogP contribution in [0.3, 0.4) is 0 Å². The SMILES string of the molecule is CC[C@H](c1ccccc1)[C@@](C#N)(CCCCl)c1ccccc1. The molecule has 0 aliphatic heterocycles. The molecule has 1 nitrogen and oxygen atoms in total. The Morgan fingerprint density at radius 3 is 2.14 bits per heavy atom. The summed E-state index contributed by atoms with van der Waals surface area (Å²) in [7, 11) is 0. The van der Waals surface area contributed by atoms with Crippen molar-refractivity contribution >= 4 is 11.6 Å². The van der Waals surface area contributed by atoms with Gasteiger partial charge in [0.2, 0.25) is 0 Å². The average Bonchev–Trinajstić information content (AvgIpc) is 2.60. The molecule has 0 aliphatic carbocycles. The molecule has 2 rings (SSSR count). The third-order valence-electron chi connectivity index (χ3n) is 4.40. The van der Waals surface area contributed by atoms with E-state index >= 15 is 0 Å². The Hall–Kier alpha value is -1.78. The van der Waals surface area contributed by atoms with Gasteiger partial charge in [-0.05, 0) is 30.4 Å². The van der Waals surface area contributed by atoms with Crippen LogP contribution in [0.1, 0.15) is 43.2 Å². The van der Waals surface area contributed by atoms with Crippen LogP contribution in [0.15, 0.2) is 60.7 Å². The monoisotopic (exact) mass is 311 g/mol. The third-order valence-corrected chi connectivity index (χ3v) is 4.67. The molecule has 0 N–H and O–H groups in total.